The van der Waals surface area contributed by atoms with Crippen LogP contribution in [-0.4, -0.2) is 38.7 Å². The van der Waals surface area contributed by atoms with E-state index < -0.39 is 0 Å². The number of halogens is 1. The van der Waals surface area contributed by atoms with Crippen molar-refractivity contribution in [1.29, 1.82) is 0 Å². The van der Waals surface area contributed by atoms with Crippen LogP contribution in [0.1, 0.15) is 23.7 Å². The van der Waals surface area contributed by atoms with Crippen molar-refractivity contribution in [2.45, 2.75) is 13.3 Å². The molecule has 0 saturated heterocycles. The third kappa shape index (κ3) is 4.26. The number of aromatic nitrogens is 3. The molecule has 9 heteroatoms. The van der Waals surface area contributed by atoms with Crippen LogP contribution in [0.2, 0.25) is 5.02 Å². The van der Waals surface area contributed by atoms with Gasteiger partial charge < -0.3 is 20.3 Å². The lowest BCUT2D eigenvalue weighted by Crippen LogP contribution is -2.26. The van der Waals surface area contributed by atoms with Gasteiger partial charge in [-0.1, -0.05) is 29.9 Å². The van der Waals surface area contributed by atoms with Gasteiger partial charge in [-0.05, 0) is 48.7 Å². The Hall–Kier alpha value is -2.68. The number of aryl methyl sites for hydroxylation is 1. The molecule has 0 radical (unpaired) electrons. The number of carbonyl (C=O) groups excluding carboxylic acids is 1. The van der Waals surface area contributed by atoms with Crippen LogP contribution in [0, 0.1) is 5.92 Å². The highest BCUT2D eigenvalue weighted by Gasteiger charge is 2.14. The molecule has 0 unspecified atom stereocenters. The Morgan fingerprint density at radius 2 is 2.07 bits per heavy atom. The number of nitrogens with one attached hydrogen (secondary N) is 2. The Kier molecular flexibility index (Phi) is 5.90. The third-order valence-electron chi connectivity index (χ3n) is 4.95. The number of hydrogen-bond acceptors (Lipinski definition) is 6. The van der Waals surface area contributed by atoms with Crippen LogP contribution >= 0.6 is 22.9 Å². The highest BCUT2D eigenvalue weighted by Crippen LogP contribution is 2.31. The van der Waals surface area contributed by atoms with Gasteiger partial charge in [0.15, 0.2) is 5.13 Å². The fraction of sp³-hybridized carbons (Fsp3) is 0.286. The number of thiazole rings is 1. The molecule has 0 aliphatic rings. The summed E-state index contributed by atoms with van der Waals surface area (Å²) < 4.78 is 2.93. The lowest BCUT2D eigenvalue weighted by molar-refractivity contribution is 0.0949. The van der Waals surface area contributed by atoms with Gasteiger partial charge in [0, 0.05) is 30.8 Å². The summed E-state index contributed by atoms with van der Waals surface area (Å²) in [7, 11) is 1.91. The molecule has 7 nitrogen and oxygen atoms in total. The van der Waals surface area contributed by atoms with Crippen molar-refractivity contribution in [3.05, 3.63) is 47.0 Å². The molecule has 1 amide bonds. The van der Waals surface area contributed by atoms with Gasteiger partial charge in [-0.25, -0.2) is 9.97 Å². The largest absolute Gasteiger partial charge is 0.396 e. The Morgan fingerprint density at radius 3 is 2.87 bits per heavy atom. The molecule has 0 aliphatic heterocycles. The third-order valence-corrected chi connectivity index (χ3v) is 6.12. The van der Waals surface area contributed by atoms with Gasteiger partial charge in [0.05, 0.1) is 21.3 Å². The quantitative estimate of drug-likeness (QED) is 0.395. The summed E-state index contributed by atoms with van der Waals surface area (Å²) in [5.41, 5.74) is 3.06. The van der Waals surface area contributed by atoms with Crippen LogP contribution in [0.5, 0.6) is 0 Å². The van der Waals surface area contributed by atoms with Crippen molar-refractivity contribution < 1.29 is 9.90 Å². The van der Waals surface area contributed by atoms with Crippen molar-refractivity contribution in [1.82, 2.24) is 19.9 Å². The number of amides is 1. The van der Waals surface area contributed by atoms with Gasteiger partial charge in [-0.2, -0.15) is 0 Å². The average Bonchev–Trinajstić information content (AvgIpc) is 3.27. The van der Waals surface area contributed by atoms with E-state index in [-0.39, 0.29) is 18.4 Å². The molecule has 0 bridgehead atoms. The number of aliphatic hydroxyl groups excluding tert-OH is 1. The summed E-state index contributed by atoms with van der Waals surface area (Å²) in [6, 6.07) is 11.1. The number of rotatable bonds is 7. The van der Waals surface area contributed by atoms with E-state index in [1.54, 1.807) is 12.1 Å². The monoisotopic (exact) mass is 443 g/mol. The van der Waals surface area contributed by atoms with Crippen LogP contribution < -0.4 is 10.6 Å². The predicted molar refractivity (Wildman–Crippen MR) is 122 cm³/mol. The zero-order valence-electron chi connectivity index (χ0n) is 16.6. The first-order chi connectivity index (χ1) is 14.4. The number of anilines is 2. The van der Waals surface area contributed by atoms with E-state index in [1.165, 1.54) is 11.3 Å². The second kappa shape index (κ2) is 8.59. The summed E-state index contributed by atoms with van der Waals surface area (Å²) in [6.45, 7) is 2.59. The highest BCUT2D eigenvalue weighted by molar-refractivity contribution is 7.22. The van der Waals surface area contributed by atoms with Gasteiger partial charge in [-0.15, -0.1) is 0 Å². The van der Waals surface area contributed by atoms with E-state index in [4.69, 9.17) is 16.7 Å². The van der Waals surface area contributed by atoms with E-state index in [9.17, 15) is 4.79 Å². The molecule has 0 fully saturated rings. The normalized spacial score (nSPS) is 12.4. The van der Waals surface area contributed by atoms with Crippen LogP contribution in [0.3, 0.4) is 0 Å². The van der Waals surface area contributed by atoms with Gasteiger partial charge in [0.2, 0.25) is 5.95 Å². The smallest absolute Gasteiger partial charge is 0.251 e. The fourth-order valence-electron chi connectivity index (χ4n) is 3.13. The van der Waals surface area contributed by atoms with Crippen molar-refractivity contribution in [2.24, 2.45) is 13.0 Å². The molecule has 4 rings (SSSR count). The average molecular weight is 444 g/mol. The highest BCUT2D eigenvalue weighted by atomic mass is 35.5. The molecule has 2 aromatic heterocycles. The first-order valence-electron chi connectivity index (χ1n) is 9.63. The number of benzene rings is 2. The first-order valence-corrected chi connectivity index (χ1v) is 10.8. The molecular weight excluding hydrogens is 422 g/mol. The molecule has 2 heterocycles. The number of aliphatic hydroxyl groups is 1. The van der Waals surface area contributed by atoms with E-state index in [1.807, 2.05) is 42.8 Å². The first kappa shape index (κ1) is 20.6. The van der Waals surface area contributed by atoms with Crippen LogP contribution in [-0.2, 0) is 7.05 Å². The zero-order valence-corrected chi connectivity index (χ0v) is 18.2. The summed E-state index contributed by atoms with van der Waals surface area (Å²) in [5, 5.41) is 16.6. The molecule has 1 atom stereocenters. The minimum atomic E-state index is -0.148. The van der Waals surface area contributed by atoms with Crippen molar-refractivity contribution in [3.63, 3.8) is 0 Å². The van der Waals surface area contributed by atoms with E-state index >= 15 is 0 Å². The molecule has 4 aromatic rings. The van der Waals surface area contributed by atoms with Gasteiger partial charge in [-0.3, -0.25) is 4.79 Å². The topological polar surface area (TPSA) is 92.1 Å². The molecule has 0 spiro atoms. The number of carbonyl (C=O) groups is 1. The van der Waals surface area contributed by atoms with Crippen molar-refractivity contribution in [3.8, 4) is 0 Å². The van der Waals surface area contributed by atoms with E-state index in [0.717, 1.165) is 32.8 Å². The molecular formula is C21H22ClN5O2S. The molecule has 0 saturated carbocycles. The lowest BCUT2D eigenvalue weighted by Gasteiger charge is -2.09. The molecule has 0 aliphatic carbocycles. The van der Waals surface area contributed by atoms with Crippen LogP contribution in [0.25, 0.3) is 21.3 Å². The summed E-state index contributed by atoms with van der Waals surface area (Å²) in [5.74, 6) is 0.658. The molecule has 3 N–H and O–H groups in total. The van der Waals surface area contributed by atoms with Gasteiger partial charge in [0.25, 0.3) is 5.91 Å². The summed E-state index contributed by atoms with van der Waals surface area (Å²) in [4.78, 5) is 21.6. The van der Waals surface area contributed by atoms with E-state index in [0.29, 0.717) is 23.1 Å². The Balaban J connectivity index is 1.53. The maximum absolute atomic E-state index is 12.4. The van der Waals surface area contributed by atoms with E-state index in [2.05, 4.69) is 20.6 Å². The standard InChI is InChI=1S/C21H22ClN5O2S/c1-12(11-28)7-8-23-19(29)13-3-6-17-16(9-13)24-20(27(17)2)26-21-25-15-5-4-14(22)10-18(15)30-21/h3-6,9-10,12,28H,7-8,11H2,1-2H3,(H,23,29)(H,24,25,26)/t12-/m1/s1. The predicted octanol–water partition coefficient (Wildman–Crippen LogP) is 4.33. The summed E-state index contributed by atoms with van der Waals surface area (Å²) >= 11 is 7.56. The molecule has 156 valence electrons. The lowest BCUT2D eigenvalue weighted by atomic mass is 10.1. The Labute approximate surface area is 182 Å². The molecule has 2 aromatic carbocycles. The number of hydrogen-bond donors (Lipinski definition) is 3. The van der Waals surface area contributed by atoms with Gasteiger partial charge in [0.1, 0.15) is 0 Å². The second-order valence-electron chi connectivity index (χ2n) is 7.29. The SMILES string of the molecule is C[C@@H](CO)CCNC(=O)c1ccc2c(c1)nc(Nc1nc3ccc(Cl)cc3s1)n2C. The minimum absolute atomic E-state index is 0.118. The van der Waals surface area contributed by atoms with Gasteiger partial charge >= 0.3 is 0 Å². The second-order valence-corrected chi connectivity index (χ2v) is 8.75. The van der Waals surface area contributed by atoms with Crippen molar-refractivity contribution >= 4 is 61.2 Å². The fourth-order valence-corrected chi connectivity index (χ4v) is 4.26. The maximum atomic E-state index is 12.4. The zero-order chi connectivity index (χ0) is 21.3. The number of nitrogens with zero attached hydrogens (tertiary/aromatic N) is 3. The maximum Gasteiger partial charge on any atom is 0.251 e. The Bertz CT molecular complexity index is 1220. The summed E-state index contributed by atoms with van der Waals surface area (Å²) in [6.07, 6.45) is 0.732. The van der Waals surface area contributed by atoms with Crippen LogP contribution in [0.15, 0.2) is 36.4 Å². The number of fused-ring (bicyclic) bond motifs is 2. The van der Waals surface area contributed by atoms with Crippen LogP contribution in [0.4, 0.5) is 11.1 Å². The Morgan fingerprint density at radius 1 is 1.23 bits per heavy atom. The molecule has 30 heavy (non-hydrogen) atoms. The minimum Gasteiger partial charge on any atom is -0.396 e. The number of imidazole rings is 1. The van der Waals surface area contributed by atoms with Crippen molar-refractivity contribution in [2.75, 3.05) is 18.5 Å².